The summed E-state index contributed by atoms with van der Waals surface area (Å²) in [5.41, 5.74) is 1.02. The first-order valence-electron chi connectivity index (χ1n) is 6.39. The third-order valence-corrected chi connectivity index (χ3v) is 3.35. The van der Waals surface area contributed by atoms with E-state index < -0.39 is 11.9 Å². The van der Waals surface area contributed by atoms with Crippen LogP contribution in [0.5, 0.6) is 0 Å². The van der Waals surface area contributed by atoms with Gasteiger partial charge in [0, 0.05) is 25.4 Å². The van der Waals surface area contributed by atoms with Crippen LogP contribution in [0.3, 0.4) is 0 Å². The average Bonchev–Trinajstić information content (AvgIpc) is 2.87. The predicted octanol–water partition coefficient (Wildman–Crippen LogP) is 0.215. The van der Waals surface area contributed by atoms with E-state index >= 15 is 0 Å². The largest absolute Gasteiger partial charge is 0.468 e. The van der Waals surface area contributed by atoms with Crippen LogP contribution in [0.1, 0.15) is 12.0 Å². The number of hydrogen-bond acceptors (Lipinski definition) is 5. The van der Waals surface area contributed by atoms with Gasteiger partial charge in [0.15, 0.2) is 5.78 Å². The molecule has 0 radical (unpaired) electrons. The van der Waals surface area contributed by atoms with Gasteiger partial charge >= 0.3 is 5.97 Å². The van der Waals surface area contributed by atoms with Gasteiger partial charge in [-0.05, 0) is 24.1 Å². The normalized spacial score (nSPS) is 18.1. The lowest BCUT2D eigenvalue weighted by Gasteiger charge is -2.14. The molecule has 2 heterocycles. The van der Waals surface area contributed by atoms with Crippen molar-refractivity contribution in [2.45, 2.75) is 12.8 Å². The molecule has 106 valence electrons. The van der Waals surface area contributed by atoms with E-state index in [4.69, 9.17) is 0 Å². The number of aryl methyl sites for hydroxylation is 1. The van der Waals surface area contributed by atoms with E-state index in [0.29, 0.717) is 12.8 Å². The predicted molar refractivity (Wildman–Crippen MR) is 69.7 cm³/mol. The molecular weight excluding hydrogens is 260 g/mol. The van der Waals surface area contributed by atoms with Crippen LogP contribution >= 0.6 is 0 Å². The van der Waals surface area contributed by atoms with Crippen molar-refractivity contribution in [3.05, 3.63) is 30.1 Å². The molecule has 1 aromatic heterocycles. The summed E-state index contributed by atoms with van der Waals surface area (Å²) in [6, 6.07) is 3.69. The number of carbonyl (C=O) groups excluding carboxylic acids is 3. The van der Waals surface area contributed by atoms with Gasteiger partial charge < -0.3 is 9.64 Å². The molecule has 1 saturated heterocycles. The molecule has 1 unspecified atom stereocenters. The fraction of sp³-hybridized carbons (Fsp3) is 0.429. The lowest BCUT2D eigenvalue weighted by atomic mass is 10.1. The minimum atomic E-state index is -0.829. The highest BCUT2D eigenvalue weighted by Gasteiger charge is 2.38. The van der Waals surface area contributed by atoms with Crippen LogP contribution in [0.25, 0.3) is 0 Å². The van der Waals surface area contributed by atoms with Crippen LogP contribution in [0.4, 0.5) is 0 Å². The zero-order valence-corrected chi connectivity index (χ0v) is 11.2. The molecule has 0 N–H and O–H groups in total. The molecular formula is C14H16N2O4. The number of likely N-dealkylation sites (tertiary alicyclic amines) is 1. The third-order valence-electron chi connectivity index (χ3n) is 3.35. The summed E-state index contributed by atoms with van der Waals surface area (Å²) < 4.78 is 4.56. The quantitative estimate of drug-likeness (QED) is 0.580. The minimum absolute atomic E-state index is 0.00501. The first-order chi connectivity index (χ1) is 9.61. The fourth-order valence-corrected chi connectivity index (χ4v) is 2.18. The summed E-state index contributed by atoms with van der Waals surface area (Å²) in [5, 5.41) is 0. The first kappa shape index (κ1) is 14.2. The van der Waals surface area contributed by atoms with Crippen molar-refractivity contribution in [2.24, 2.45) is 5.92 Å². The van der Waals surface area contributed by atoms with Crippen molar-refractivity contribution < 1.29 is 19.1 Å². The van der Waals surface area contributed by atoms with E-state index in [9.17, 15) is 14.4 Å². The van der Waals surface area contributed by atoms with Gasteiger partial charge in [-0.1, -0.05) is 0 Å². The summed E-state index contributed by atoms with van der Waals surface area (Å²) in [6.07, 6.45) is 4.25. The Balaban J connectivity index is 1.88. The highest BCUT2D eigenvalue weighted by Crippen LogP contribution is 2.16. The monoisotopic (exact) mass is 276 g/mol. The average molecular weight is 276 g/mol. The summed E-state index contributed by atoms with van der Waals surface area (Å²) in [4.78, 5) is 40.4. The van der Waals surface area contributed by atoms with Crippen molar-refractivity contribution in [1.29, 1.82) is 0 Å². The Bertz CT molecular complexity index is 515. The number of rotatable bonds is 4. The van der Waals surface area contributed by atoms with Crippen LogP contribution in [-0.4, -0.2) is 47.7 Å². The second-order valence-corrected chi connectivity index (χ2v) is 4.67. The molecule has 0 aromatic carbocycles. The van der Waals surface area contributed by atoms with Crippen LogP contribution in [0, 0.1) is 5.92 Å². The van der Waals surface area contributed by atoms with Gasteiger partial charge in [-0.15, -0.1) is 0 Å². The Labute approximate surface area is 116 Å². The van der Waals surface area contributed by atoms with Gasteiger partial charge in [-0.25, -0.2) is 0 Å². The highest BCUT2D eigenvalue weighted by molar-refractivity contribution is 6.03. The van der Waals surface area contributed by atoms with Crippen molar-refractivity contribution >= 4 is 17.7 Å². The molecule has 0 spiro atoms. The number of carbonyl (C=O) groups is 3. The van der Waals surface area contributed by atoms with Gasteiger partial charge in [0.05, 0.1) is 13.7 Å². The molecule has 1 amide bonds. The molecule has 6 nitrogen and oxygen atoms in total. The molecule has 20 heavy (non-hydrogen) atoms. The minimum Gasteiger partial charge on any atom is -0.468 e. The lowest BCUT2D eigenvalue weighted by molar-refractivity contribution is -0.147. The van der Waals surface area contributed by atoms with Crippen molar-refractivity contribution in [1.82, 2.24) is 9.88 Å². The van der Waals surface area contributed by atoms with Crippen molar-refractivity contribution in [3.8, 4) is 0 Å². The standard InChI is InChI=1S/C14H16N2O4/c1-20-14(19)11-8-16(9-12(11)17)13(18)3-2-10-4-6-15-7-5-10/h4-7,11H,2-3,8-9H2,1H3. The topological polar surface area (TPSA) is 76.6 Å². The van der Waals surface area contributed by atoms with Gasteiger partial charge in [-0.3, -0.25) is 19.4 Å². The maximum absolute atomic E-state index is 12.0. The maximum atomic E-state index is 12.0. The Morgan fingerprint density at radius 2 is 2.10 bits per heavy atom. The second-order valence-electron chi connectivity index (χ2n) is 4.67. The third kappa shape index (κ3) is 3.20. The number of amides is 1. The summed E-state index contributed by atoms with van der Waals surface area (Å²) in [7, 11) is 1.24. The first-order valence-corrected chi connectivity index (χ1v) is 6.39. The number of nitrogens with zero attached hydrogens (tertiary/aromatic N) is 2. The van der Waals surface area contributed by atoms with E-state index in [1.54, 1.807) is 12.4 Å². The van der Waals surface area contributed by atoms with E-state index in [-0.39, 0.29) is 24.8 Å². The molecule has 6 heteroatoms. The van der Waals surface area contributed by atoms with Crippen LogP contribution in [-0.2, 0) is 25.5 Å². The van der Waals surface area contributed by atoms with Crippen LogP contribution in [0.2, 0.25) is 0 Å². The highest BCUT2D eigenvalue weighted by atomic mass is 16.5. The fourth-order valence-electron chi connectivity index (χ4n) is 2.18. The van der Waals surface area contributed by atoms with E-state index in [1.165, 1.54) is 12.0 Å². The maximum Gasteiger partial charge on any atom is 0.318 e. The van der Waals surface area contributed by atoms with Gasteiger partial charge in [0.2, 0.25) is 5.91 Å². The van der Waals surface area contributed by atoms with Gasteiger partial charge in [0.1, 0.15) is 5.92 Å². The molecule has 2 rings (SSSR count). The Kier molecular flexibility index (Phi) is 4.45. The van der Waals surface area contributed by atoms with Crippen molar-refractivity contribution in [2.75, 3.05) is 20.2 Å². The number of ketones is 1. The smallest absolute Gasteiger partial charge is 0.318 e. The summed E-state index contributed by atoms with van der Waals surface area (Å²) >= 11 is 0. The lowest BCUT2D eigenvalue weighted by Crippen LogP contribution is -2.30. The molecule has 1 fully saturated rings. The Morgan fingerprint density at radius 3 is 2.75 bits per heavy atom. The zero-order chi connectivity index (χ0) is 14.5. The molecule has 1 aliphatic heterocycles. The number of hydrogen-bond donors (Lipinski definition) is 0. The van der Waals surface area contributed by atoms with Crippen molar-refractivity contribution in [3.63, 3.8) is 0 Å². The van der Waals surface area contributed by atoms with Gasteiger partial charge in [-0.2, -0.15) is 0 Å². The van der Waals surface area contributed by atoms with E-state index in [2.05, 4.69) is 9.72 Å². The number of methoxy groups -OCH3 is 1. The van der Waals surface area contributed by atoms with E-state index in [0.717, 1.165) is 5.56 Å². The van der Waals surface area contributed by atoms with Crippen LogP contribution < -0.4 is 0 Å². The molecule has 0 saturated carbocycles. The zero-order valence-electron chi connectivity index (χ0n) is 11.2. The molecule has 1 aliphatic rings. The van der Waals surface area contributed by atoms with Crippen LogP contribution in [0.15, 0.2) is 24.5 Å². The van der Waals surface area contributed by atoms with E-state index in [1.807, 2.05) is 12.1 Å². The number of Topliss-reactive ketones (excluding diaryl/α,β-unsaturated/α-hetero) is 1. The number of esters is 1. The summed E-state index contributed by atoms with van der Waals surface area (Å²) in [6.45, 7) is 0.121. The number of aromatic nitrogens is 1. The molecule has 0 aliphatic carbocycles. The number of ether oxygens (including phenoxy) is 1. The Morgan fingerprint density at radius 1 is 1.40 bits per heavy atom. The summed E-state index contributed by atoms with van der Waals surface area (Å²) in [5.74, 6) is -1.78. The molecule has 0 bridgehead atoms. The molecule has 1 aromatic rings. The second kappa shape index (κ2) is 6.27. The SMILES string of the molecule is COC(=O)C1CN(C(=O)CCc2ccncc2)CC1=O. The Hall–Kier alpha value is -2.24. The molecule has 1 atom stereocenters. The van der Waals surface area contributed by atoms with Gasteiger partial charge in [0.25, 0.3) is 0 Å². The number of pyridine rings is 1.